The Morgan fingerprint density at radius 1 is 1.00 bits per heavy atom. The van der Waals surface area contributed by atoms with Gasteiger partial charge in [-0.25, -0.2) is 12.7 Å². The zero-order valence-electron chi connectivity index (χ0n) is 16.5. The molecule has 0 spiro atoms. The highest BCUT2D eigenvalue weighted by atomic mass is 32.2. The van der Waals surface area contributed by atoms with Gasteiger partial charge in [0.1, 0.15) is 10.6 Å². The first-order chi connectivity index (χ1) is 13.2. The van der Waals surface area contributed by atoms with Gasteiger partial charge in [-0.3, -0.25) is 4.79 Å². The van der Waals surface area contributed by atoms with E-state index in [0.717, 1.165) is 4.31 Å². The second kappa shape index (κ2) is 8.94. The third-order valence-electron chi connectivity index (χ3n) is 3.91. The fourth-order valence-corrected chi connectivity index (χ4v) is 3.49. The van der Waals surface area contributed by atoms with Crippen LogP contribution in [0.4, 0.5) is 5.69 Å². The molecule has 0 aromatic heterocycles. The molecule has 9 heteroatoms. The van der Waals surface area contributed by atoms with Gasteiger partial charge in [0.05, 0.1) is 20.8 Å². The molecule has 28 heavy (non-hydrogen) atoms. The van der Waals surface area contributed by atoms with Crippen LogP contribution >= 0.6 is 0 Å². The maximum absolute atomic E-state index is 12.6. The van der Waals surface area contributed by atoms with E-state index in [0.29, 0.717) is 29.4 Å². The Morgan fingerprint density at radius 3 is 2.21 bits per heavy atom. The lowest BCUT2D eigenvalue weighted by molar-refractivity contribution is 0.102. The van der Waals surface area contributed by atoms with Crippen LogP contribution in [-0.4, -0.2) is 53.6 Å². The normalized spacial score (nSPS) is 11.2. The molecule has 0 fully saturated rings. The summed E-state index contributed by atoms with van der Waals surface area (Å²) in [5, 5.41) is 2.69. The average Bonchev–Trinajstić information content (AvgIpc) is 2.68. The van der Waals surface area contributed by atoms with Crippen molar-refractivity contribution in [2.75, 3.05) is 40.2 Å². The second-order valence-electron chi connectivity index (χ2n) is 5.91. The first-order valence-corrected chi connectivity index (χ1v) is 9.91. The third-order valence-corrected chi connectivity index (χ3v) is 5.74. The Balaban J connectivity index is 2.37. The summed E-state index contributed by atoms with van der Waals surface area (Å²) >= 11 is 0. The van der Waals surface area contributed by atoms with Crippen molar-refractivity contribution in [2.45, 2.75) is 11.8 Å². The van der Waals surface area contributed by atoms with E-state index in [-0.39, 0.29) is 10.6 Å². The number of amides is 1. The van der Waals surface area contributed by atoms with E-state index < -0.39 is 15.9 Å². The number of anilines is 1. The number of nitrogens with zero attached hydrogens (tertiary/aromatic N) is 1. The van der Waals surface area contributed by atoms with E-state index in [1.807, 2.05) is 0 Å². The van der Waals surface area contributed by atoms with Gasteiger partial charge in [0, 0.05) is 25.3 Å². The van der Waals surface area contributed by atoms with E-state index in [2.05, 4.69) is 5.32 Å². The Hall–Kier alpha value is -2.78. The van der Waals surface area contributed by atoms with Gasteiger partial charge < -0.3 is 19.5 Å². The fraction of sp³-hybridized carbons (Fsp3) is 0.316. The van der Waals surface area contributed by atoms with E-state index in [1.165, 1.54) is 40.4 Å². The van der Waals surface area contributed by atoms with Gasteiger partial charge in [-0.05, 0) is 43.3 Å². The number of hydrogen-bond acceptors (Lipinski definition) is 6. The number of rotatable bonds is 8. The van der Waals surface area contributed by atoms with Gasteiger partial charge in [-0.15, -0.1) is 0 Å². The van der Waals surface area contributed by atoms with Crippen molar-refractivity contribution in [1.82, 2.24) is 4.31 Å². The molecule has 2 aromatic carbocycles. The van der Waals surface area contributed by atoms with Crippen molar-refractivity contribution in [3.8, 4) is 17.2 Å². The maximum atomic E-state index is 12.6. The molecular formula is C19H24N2O6S. The molecule has 0 radical (unpaired) electrons. The molecule has 0 saturated heterocycles. The fourth-order valence-electron chi connectivity index (χ4n) is 2.44. The molecule has 0 atom stereocenters. The monoisotopic (exact) mass is 408 g/mol. The van der Waals surface area contributed by atoms with Gasteiger partial charge in [0.2, 0.25) is 10.0 Å². The summed E-state index contributed by atoms with van der Waals surface area (Å²) < 4.78 is 42.1. The SMILES string of the molecule is CCOc1ccc(NC(=O)c2ccc(OC)c(OC)c2)cc1S(=O)(=O)N(C)C. The minimum Gasteiger partial charge on any atom is -0.493 e. The number of benzene rings is 2. The van der Waals surface area contributed by atoms with Gasteiger partial charge in [0.25, 0.3) is 5.91 Å². The number of ether oxygens (including phenoxy) is 3. The molecule has 0 heterocycles. The summed E-state index contributed by atoms with van der Waals surface area (Å²) in [6.07, 6.45) is 0. The van der Waals surface area contributed by atoms with Crippen LogP contribution in [-0.2, 0) is 10.0 Å². The van der Waals surface area contributed by atoms with Crippen molar-refractivity contribution < 1.29 is 27.4 Å². The number of methoxy groups -OCH3 is 2. The van der Waals surface area contributed by atoms with Crippen LogP contribution in [0.3, 0.4) is 0 Å². The van der Waals surface area contributed by atoms with Gasteiger partial charge in [0.15, 0.2) is 11.5 Å². The molecule has 0 bridgehead atoms. The van der Waals surface area contributed by atoms with E-state index >= 15 is 0 Å². The van der Waals surface area contributed by atoms with Gasteiger partial charge >= 0.3 is 0 Å². The van der Waals surface area contributed by atoms with Crippen LogP contribution in [0.2, 0.25) is 0 Å². The number of hydrogen-bond donors (Lipinski definition) is 1. The largest absolute Gasteiger partial charge is 0.493 e. The van der Waals surface area contributed by atoms with Crippen molar-refractivity contribution in [1.29, 1.82) is 0 Å². The van der Waals surface area contributed by atoms with Crippen molar-refractivity contribution in [3.05, 3.63) is 42.0 Å². The van der Waals surface area contributed by atoms with Gasteiger partial charge in [-0.2, -0.15) is 0 Å². The summed E-state index contributed by atoms with van der Waals surface area (Å²) in [6.45, 7) is 2.08. The maximum Gasteiger partial charge on any atom is 0.255 e. The molecule has 0 saturated carbocycles. The quantitative estimate of drug-likeness (QED) is 0.722. The number of nitrogens with one attached hydrogen (secondary N) is 1. The number of sulfonamides is 1. The zero-order chi connectivity index (χ0) is 20.9. The predicted octanol–water partition coefficient (Wildman–Crippen LogP) is 2.61. The first-order valence-electron chi connectivity index (χ1n) is 8.47. The molecule has 8 nitrogen and oxygen atoms in total. The number of carbonyl (C=O) groups is 1. The van der Waals surface area contributed by atoms with E-state index in [1.54, 1.807) is 31.2 Å². The third kappa shape index (κ3) is 4.55. The molecule has 1 N–H and O–H groups in total. The molecule has 0 aliphatic heterocycles. The van der Waals surface area contributed by atoms with Crippen LogP contribution in [0.5, 0.6) is 17.2 Å². The van der Waals surface area contributed by atoms with Crippen LogP contribution in [0.1, 0.15) is 17.3 Å². The highest BCUT2D eigenvalue weighted by molar-refractivity contribution is 7.89. The average molecular weight is 408 g/mol. The standard InChI is InChI=1S/C19H24N2O6S/c1-6-27-16-10-8-14(12-18(16)28(23,24)21(2)3)20-19(22)13-7-9-15(25-4)17(11-13)26-5/h7-12H,6H2,1-5H3,(H,20,22). The minimum atomic E-state index is -3.75. The molecule has 0 aliphatic rings. The Kier molecular flexibility index (Phi) is 6.87. The van der Waals surface area contributed by atoms with Crippen molar-refractivity contribution >= 4 is 21.6 Å². The highest BCUT2D eigenvalue weighted by Gasteiger charge is 2.23. The zero-order valence-corrected chi connectivity index (χ0v) is 17.3. The Bertz CT molecular complexity index is 957. The van der Waals surface area contributed by atoms with Gasteiger partial charge in [-0.1, -0.05) is 0 Å². The lowest BCUT2D eigenvalue weighted by Crippen LogP contribution is -2.23. The lowest BCUT2D eigenvalue weighted by Gasteiger charge is -2.17. The topological polar surface area (TPSA) is 94.2 Å². The van der Waals surface area contributed by atoms with E-state index in [4.69, 9.17) is 14.2 Å². The molecular weight excluding hydrogens is 384 g/mol. The molecule has 0 unspecified atom stereocenters. The van der Waals surface area contributed by atoms with Crippen LogP contribution in [0, 0.1) is 0 Å². The van der Waals surface area contributed by atoms with E-state index in [9.17, 15) is 13.2 Å². The summed E-state index contributed by atoms with van der Waals surface area (Å²) in [6, 6.07) is 9.22. The van der Waals surface area contributed by atoms with Crippen LogP contribution < -0.4 is 19.5 Å². The molecule has 0 aliphatic carbocycles. The molecule has 152 valence electrons. The highest BCUT2D eigenvalue weighted by Crippen LogP contribution is 2.30. The molecule has 2 rings (SSSR count). The summed E-state index contributed by atoms with van der Waals surface area (Å²) in [5.41, 5.74) is 0.659. The Morgan fingerprint density at radius 2 is 1.64 bits per heavy atom. The van der Waals surface area contributed by atoms with Crippen molar-refractivity contribution in [2.24, 2.45) is 0 Å². The van der Waals surface area contributed by atoms with Crippen LogP contribution in [0.15, 0.2) is 41.3 Å². The number of carbonyl (C=O) groups excluding carboxylic acids is 1. The smallest absolute Gasteiger partial charge is 0.255 e. The minimum absolute atomic E-state index is 0.0236. The summed E-state index contributed by atoms with van der Waals surface area (Å²) in [7, 11) is 2.09. The predicted molar refractivity (Wildman–Crippen MR) is 106 cm³/mol. The van der Waals surface area contributed by atoms with Crippen molar-refractivity contribution in [3.63, 3.8) is 0 Å². The molecule has 2 aromatic rings. The Labute approximate surface area is 165 Å². The molecule has 1 amide bonds. The lowest BCUT2D eigenvalue weighted by atomic mass is 10.2. The first kappa shape index (κ1) is 21.5. The second-order valence-corrected chi connectivity index (χ2v) is 8.03. The summed E-state index contributed by atoms with van der Waals surface area (Å²) in [4.78, 5) is 12.6. The summed E-state index contributed by atoms with van der Waals surface area (Å²) in [5.74, 6) is 0.718. The van der Waals surface area contributed by atoms with Crippen LogP contribution in [0.25, 0.3) is 0 Å².